The minimum Gasteiger partial charge on any atom is -0.484 e. The highest BCUT2D eigenvalue weighted by atomic mass is 16.5. The fourth-order valence-electron chi connectivity index (χ4n) is 9.05. The zero-order valence-electron chi connectivity index (χ0n) is 29.4. The normalized spacial score (nSPS) is 16.3. The van der Waals surface area contributed by atoms with Gasteiger partial charge in [0.25, 0.3) is 0 Å². The van der Waals surface area contributed by atoms with Crippen molar-refractivity contribution < 1.29 is 13.6 Å². The molecule has 0 saturated heterocycles. The third kappa shape index (κ3) is 4.47. The number of ether oxygens (including phenoxy) is 1. The molecule has 0 fully saturated rings. The predicted molar refractivity (Wildman–Crippen MR) is 217 cm³/mol. The van der Waals surface area contributed by atoms with E-state index in [-0.39, 0.29) is 12.0 Å². The maximum atomic E-state index is 6.99. The zero-order chi connectivity index (χ0) is 35.2. The van der Waals surface area contributed by atoms with Gasteiger partial charge in [-0.25, -0.2) is 0 Å². The van der Waals surface area contributed by atoms with E-state index in [1.807, 2.05) is 26.0 Å². The fraction of sp³-hybridized carbons (Fsp3) is 0.0800. The lowest BCUT2D eigenvalue weighted by Crippen LogP contribution is -2.21. The van der Waals surface area contributed by atoms with Crippen LogP contribution in [0.3, 0.4) is 0 Å². The average molecular weight is 683 g/mol. The van der Waals surface area contributed by atoms with Gasteiger partial charge >= 0.3 is 0 Å². The van der Waals surface area contributed by atoms with Gasteiger partial charge in [-0.1, -0.05) is 121 Å². The van der Waals surface area contributed by atoms with Crippen LogP contribution in [-0.4, -0.2) is 6.10 Å². The van der Waals surface area contributed by atoms with Crippen LogP contribution in [0, 0.1) is 13.8 Å². The Bertz CT molecular complexity index is 2910. The molecule has 0 bridgehead atoms. The fourth-order valence-corrected chi connectivity index (χ4v) is 9.05. The molecule has 0 spiro atoms. The van der Waals surface area contributed by atoms with Crippen molar-refractivity contribution >= 4 is 48.7 Å². The lowest BCUT2D eigenvalue weighted by molar-refractivity contribution is 0.278. The van der Waals surface area contributed by atoms with Gasteiger partial charge in [0.2, 0.25) is 0 Å². The molecule has 7 aromatic carbocycles. The Morgan fingerprint density at radius 1 is 0.453 bits per heavy atom. The van der Waals surface area contributed by atoms with Gasteiger partial charge in [0.15, 0.2) is 0 Å². The third-order valence-electron chi connectivity index (χ3n) is 11.3. The second kappa shape index (κ2) is 11.5. The zero-order valence-corrected chi connectivity index (χ0v) is 29.4. The van der Waals surface area contributed by atoms with Crippen LogP contribution in [0.25, 0.3) is 82.4 Å². The van der Waals surface area contributed by atoms with Crippen molar-refractivity contribution in [2.75, 3.05) is 0 Å². The second-order valence-electron chi connectivity index (χ2n) is 14.3. The van der Waals surface area contributed by atoms with Gasteiger partial charge in [0, 0.05) is 28.2 Å². The Morgan fingerprint density at radius 3 is 1.36 bits per heavy atom. The van der Waals surface area contributed by atoms with Gasteiger partial charge in [-0.15, -0.1) is 0 Å². The monoisotopic (exact) mass is 682 g/mol. The van der Waals surface area contributed by atoms with Gasteiger partial charge in [0.05, 0.1) is 0 Å². The predicted octanol–water partition coefficient (Wildman–Crippen LogP) is 13.6. The number of aryl methyl sites for hydroxylation is 2. The number of hydrogen-bond donors (Lipinski definition) is 0. The molecular weight excluding hydrogens is 649 g/mol. The van der Waals surface area contributed by atoms with Crippen LogP contribution in [0.2, 0.25) is 0 Å². The minimum atomic E-state index is -0.160. The minimum absolute atomic E-state index is 0.0674. The summed E-state index contributed by atoms with van der Waals surface area (Å²) in [6, 6.07) is 50.0. The van der Waals surface area contributed by atoms with E-state index in [1.165, 1.54) is 70.9 Å². The third-order valence-corrected chi connectivity index (χ3v) is 11.3. The summed E-state index contributed by atoms with van der Waals surface area (Å²) in [7, 11) is 0. The Morgan fingerprint density at radius 2 is 0.906 bits per heavy atom. The van der Waals surface area contributed by atoms with Gasteiger partial charge in [-0.2, -0.15) is 0 Å². The molecule has 2 unspecified atom stereocenters. The van der Waals surface area contributed by atoms with Crippen LogP contribution in [0.15, 0.2) is 167 Å². The summed E-state index contributed by atoms with van der Waals surface area (Å²) in [5.74, 6) is 4.60. The SMILES string of the molecule is Cc1ccc(-c2c3ccccc3c(C3=CC=CC4c5cc(-c6c7ccccc7c(-c7ccc(C)o7)c7ccccc67)ccc5OC34)c3ccccc23)o1. The number of allylic oxidation sites excluding steroid dienone is 2. The van der Waals surface area contributed by atoms with E-state index < -0.39 is 0 Å². The van der Waals surface area contributed by atoms with Crippen LogP contribution in [0.5, 0.6) is 5.75 Å². The van der Waals surface area contributed by atoms with Crippen molar-refractivity contribution in [2.45, 2.75) is 25.9 Å². The van der Waals surface area contributed by atoms with E-state index in [0.29, 0.717) is 0 Å². The molecule has 0 N–H and O–H groups in total. The molecule has 3 heterocycles. The van der Waals surface area contributed by atoms with Crippen LogP contribution in [0.1, 0.15) is 28.6 Å². The molecule has 2 aliphatic rings. The first-order valence-corrected chi connectivity index (χ1v) is 18.3. The maximum Gasteiger partial charge on any atom is 0.135 e. The van der Waals surface area contributed by atoms with Crippen LogP contribution < -0.4 is 4.74 Å². The van der Waals surface area contributed by atoms with E-state index >= 15 is 0 Å². The van der Waals surface area contributed by atoms with Crippen molar-refractivity contribution in [1.82, 2.24) is 0 Å². The Labute approximate surface area is 307 Å². The summed E-state index contributed by atoms with van der Waals surface area (Å²) in [6.07, 6.45) is 6.63. The second-order valence-corrected chi connectivity index (χ2v) is 14.3. The summed E-state index contributed by atoms with van der Waals surface area (Å²) >= 11 is 0. The van der Waals surface area contributed by atoms with Crippen molar-refractivity contribution in [3.05, 3.63) is 180 Å². The van der Waals surface area contributed by atoms with Crippen LogP contribution >= 0.6 is 0 Å². The number of hydrogen-bond acceptors (Lipinski definition) is 3. The summed E-state index contributed by atoms with van der Waals surface area (Å²) < 4.78 is 19.5. The van der Waals surface area contributed by atoms with Crippen molar-refractivity contribution in [1.29, 1.82) is 0 Å². The van der Waals surface area contributed by atoms with E-state index in [0.717, 1.165) is 39.9 Å². The smallest absolute Gasteiger partial charge is 0.135 e. The average Bonchev–Trinajstić information content (AvgIpc) is 3.93. The molecule has 2 atom stereocenters. The summed E-state index contributed by atoms with van der Waals surface area (Å²) in [6.45, 7) is 4.01. The molecule has 11 rings (SSSR count). The summed E-state index contributed by atoms with van der Waals surface area (Å²) in [5, 5.41) is 9.51. The quantitative estimate of drug-likeness (QED) is 0.173. The van der Waals surface area contributed by atoms with Gasteiger partial charge in [-0.3, -0.25) is 0 Å². The van der Waals surface area contributed by atoms with Crippen molar-refractivity contribution in [3.8, 4) is 39.5 Å². The van der Waals surface area contributed by atoms with Gasteiger partial charge in [-0.05, 0) is 110 Å². The Hall–Kier alpha value is -6.58. The number of fused-ring (bicyclic) bond motifs is 7. The lowest BCUT2D eigenvalue weighted by Gasteiger charge is -2.26. The van der Waals surface area contributed by atoms with E-state index in [2.05, 4.69) is 146 Å². The number of benzene rings is 7. The molecule has 1 aliphatic carbocycles. The first kappa shape index (κ1) is 30.1. The van der Waals surface area contributed by atoms with Crippen molar-refractivity contribution in [2.24, 2.45) is 0 Å². The topological polar surface area (TPSA) is 35.5 Å². The first-order valence-electron chi connectivity index (χ1n) is 18.3. The van der Waals surface area contributed by atoms with Crippen LogP contribution in [-0.2, 0) is 0 Å². The molecule has 252 valence electrons. The summed E-state index contributed by atoms with van der Waals surface area (Å²) in [5.41, 5.74) is 8.30. The molecule has 2 aromatic heterocycles. The highest BCUT2D eigenvalue weighted by Crippen LogP contribution is 2.52. The van der Waals surface area contributed by atoms with Gasteiger partial charge < -0.3 is 13.6 Å². The summed E-state index contributed by atoms with van der Waals surface area (Å²) in [4.78, 5) is 0. The largest absolute Gasteiger partial charge is 0.484 e. The maximum absolute atomic E-state index is 6.99. The molecule has 0 radical (unpaired) electrons. The van der Waals surface area contributed by atoms with E-state index in [1.54, 1.807) is 0 Å². The molecule has 3 heteroatoms. The molecule has 0 saturated carbocycles. The van der Waals surface area contributed by atoms with Crippen LogP contribution in [0.4, 0.5) is 0 Å². The van der Waals surface area contributed by atoms with E-state index in [9.17, 15) is 0 Å². The van der Waals surface area contributed by atoms with Gasteiger partial charge in [0.1, 0.15) is 34.9 Å². The highest BCUT2D eigenvalue weighted by molar-refractivity contribution is 6.21. The Balaban J connectivity index is 1.08. The molecular formula is C50H34O3. The molecule has 0 amide bonds. The van der Waals surface area contributed by atoms with E-state index in [4.69, 9.17) is 13.6 Å². The molecule has 9 aromatic rings. The molecule has 3 nitrogen and oxygen atoms in total. The lowest BCUT2D eigenvalue weighted by atomic mass is 9.79. The molecule has 53 heavy (non-hydrogen) atoms. The first-order chi connectivity index (χ1) is 26.1. The Kier molecular flexibility index (Phi) is 6.51. The number of furan rings is 2. The standard InChI is InChI=1S/C50H34O3/c1-29-22-25-44(51-29)48-36-16-7-3-12-32(36)46(33-13-4-8-17-37(33)48)31-24-27-43-42(28-31)40-20-11-21-41(50(40)53-43)47-34-14-5-9-18-38(34)49(45-26-23-30(2)52-45)39-19-10-6-15-35(39)47/h3-28,40,50H,1-2H3. The highest BCUT2D eigenvalue weighted by Gasteiger charge is 2.38. The van der Waals surface area contributed by atoms with Crippen molar-refractivity contribution in [3.63, 3.8) is 0 Å². The number of rotatable bonds is 4. The molecule has 1 aliphatic heterocycles.